The van der Waals surface area contributed by atoms with Crippen molar-refractivity contribution >= 4 is 32.7 Å². The quantitative estimate of drug-likeness (QED) is 0.446. The SMILES string of the molecule is Nc1cc[nH+]c2c1c(Br)cn2C1CC(Oc2ccc(F)c3c2CNCC3)C(CO)C1O. The number of pyridine rings is 1. The van der Waals surface area contributed by atoms with E-state index in [0.717, 1.165) is 27.6 Å². The van der Waals surface area contributed by atoms with Crippen LogP contribution in [0.3, 0.4) is 0 Å². The second kappa shape index (κ2) is 8.05. The predicted octanol–water partition coefficient (Wildman–Crippen LogP) is 1.95. The van der Waals surface area contributed by atoms with Crippen LogP contribution in [0.15, 0.2) is 35.1 Å². The van der Waals surface area contributed by atoms with Crippen molar-refractivity contribution in [3.8, 4) is 5.75 Å². The van der Waals surface area contributed by atoms with Crippen LogP contribution in [0.5, 0.6) is 5.75 Å². The third-order valence-corrected chi connectivity index (χ3v) is 7.17. The molecule has 0 bridgehead atoms. The molecular formula is C22H25BrFN4O3+. The van der Waals surface area contributed by atoms with E-state index >= 15 is 0 Å². The first-order valence-electron chi connectivity index (χ1n) is 10.4. The maximum absolute atomic E-state index is 14.3. The summed E-state index contributed by atoms with van der Waals surface area (Å²) in [4.78, 5) is 3.21. The monoisotopic (exact) mass is 491 g/mol. The summed E-state index contributed by atoms with van der Waals surface area (Å²) < 4.78 is 23.3. The molecule has 0 spiro atoms. The van der Waals surface area contributed by atoms with Crippen molar-refractivity contribution in [2.45, 2.75) is 37.6 Å². The number of aliphatic hydroxyl groups is 2. The summed E-state index contributed by atoms with van der Waals surface area (Å²) in [7, 11) is 0. The van der Waals surface area contributed by atoms with Gasteiger partial charge in [-0.05, 0) is 46.6 Å². The van der Waals surface area contributed by atoms with E-state index in [1.165, 1.54) is 6.07 Å². The lowest BCUT2D eigenvalue weighted by Gasteiger charge is -2.25. The molecule has 7 nitrogen and oxygen atoms in total. The van der Waals surface area contributed by atoms with Gasteiger partial charge in [-0.3, -0.25) is 0 Å². The molecule has 164 valence electrons. The number of ether oxygens (including phenoxy) is 1. The summed E-state index contributed by atoms with van der Waals surface area (Å²) in [6, 6.07) is 4.55. The lowest BCUT2D eigenvalue weighted by atomic mass is 9.99. The van der Waals surface area contributed by atoms with Gasteiger partial charge in [-0.1, -0.05) is 0 Å². The van der Waals surface area contributed by atoms with E-state index in [0.29, 0.717) is 36.4 Å². The molecule has 5 rings (SSSR count). The van der Waals surface area contributed by atoms with Crippen LogP contribution in [-0.2, 0) is 13.0 Å². The largest absolute Gasteiger partial charge is 0.489 e. The number of H-pyrrole nitrogens is 1. The summed E-state index contributed by atoms with van der Waals surface area (Å²) in [5, 5.41) is 25.2. The Morgan fingerprint density at radius 2 is 2.16 bits per heavy atom. The molecule has 1 aromatic carbocycles. The number of nitrogens with zero attached hydrogens (tertiary/aromatic N) is 1. The standard InChI is InChI=1S/C22H24BrFN4O3/c23-14-9-28(22-20(14)16(25)4-6-27-22)17-7-19(13(10-29)21(17)30)31-18-2-1-15(24)11-3-5-26-8-12(11)18/h1-2,4,6,9,13,17,19,21,26,29-30H,3,5,7-8,10H2,(H2,25,27)/p+1. The molecule has 3 aromatic rings. The van der Waals surface area contributed by atoms with Crippen molar-refractivity contribution < 1.29 is 24.3 Å². The number of nitrogens with two attached hydrogens (primary N) is 1. The van der Waals surface area contributed by atoms with Crippen molar-refractivity contribution in [3.63, 3.8) is 0 Å². The molecule has 2 aromatic heterocycles. The molecule has 3 heterocycles. The number of aromatic nitrogens is 2. The van der Waals surface area contributed by atoms with E-state index in [1.807, 2.05) is 10.8 Å². The summed E-state index contributed by atoms with van der Waals surface area (Å²) in [5.41, 5.74) is 9.05. The Hall–Kier alpha value is -2.20. The highest BCUT2D eigenvalue weighted by Crippen LogP contribution is 2.42. The Balaban J connectivity index is 1.48. The number of hydrogen-bond donors (Lipinski definition) is 4. The number of halogens is 2. The Kier molecular flexibility index (Phi) is 5.37. The number of hydrogen-bond acceptors (Lipinski definition) is 5. The highest BCUT2D eigenvalue weighted by Gasteiger charge is 2.48. The summed E-state index contributed by atoms with van der Waals surface area (Å²) in [5.74, 6) is -0.0857. The van der Waals surface area contributed by atoms with Crippen LogP contribution in [0, 0.1) is 11.7 Å². The molecule has 1 aliphatic carbocycles. The number of anilines is 1. The maximum Gasteiger partial charge on any atom is 0.290 e. The van der Waals surface area contributed by atoms with Crippen molar-refractivity contribution in [3.05, 3.63) is 52.0 Å². The zero-order valence-electron chi connectivity index (χ0n) is 16.8. The number of benzene rings is 1. The molecule has 0 saturated heterocycles. The fraction of sp³-hybridized carbons (Fsp3) is 0.409. The van der Waals surface area contributed by atoms with Gasteiger partial charge in [0.1, 0.15) is 41.4 Å². The summed E-state index contributed by atoms with van der Waals surface area (Å²) in [6.45, 7) is 1.05. The molecule has 0 radical (unpaired) electrons. The first kappa shape index (κ1) is 20.7. The second-order valence-electron chi connectivity index (χ2n) is 8.27. The minimum atomic E-state index is -0.818. The maximum atomic E-state index is 14.3. The van der Waals surface area contributed by atoms with E-state index in [2.05, 4.69) is 26.2 Å². The molecule has 0 amide bonds. The average Bonchev–Trinajstić information content (AvgIpc) is 3.27. The van der Waals surface area contributed by atoms with Gasteiger partial charge in [-0.25, -0.2) is 13.9 Å². The lowest BCUT2D eigenvalue weighted by molar-refractivity contribution is -0.349. The topological polar surface area (TPSA) is 107 Å². The summed E-state index contributed by atoms with van der Waals surface area (Å²) in [6.07, 6.45) is 3.52. The lowest BCUT2D eigenvalue weighted by Crippen LogP contribution is -2.33. The van der Waals surface area contributed by atoms with Gasteiger partial charge in [0, 0.05) is 30.5 Å². The van der Waals surface area contributed by atoms with Gasteiger partial charge in [0.2, 0.25) is 0 Å². The van der Waals surface area contributed by atoms with Gasteiger partial charge < -0.3 is 26.0 Å². The normalized spacial score (nSPS) is 25.7. The predicted molar refractivity (Wildman–Crippen MR) is 117 cm³/mol. The highest BCUT2D eigenvalue weighted by molar-refractivity contribution is 9.10. The molecule has 4 unspecified atom stereocenters. The smallest absolute Gasteiger partial charge is 0.290 e. The Morgan fingerprint density at radius 3 is 2.97 bits per heavy atom. The first-order chi connectivity index (χ1) is 15.0. The number of nitrogens with one attached hydrogen (secondary N) is 2. The number of aliphatic hydroxyl groups excluding tert-OH is 2. The van der Waals surface area contributed by atoms with Crippen molar-refractivity contribution in [1.29, 1.82) is 0 Å². The number of rotatable bonds is 4. The third kappa shape index (κ3) is 3.40. The fourth-order valence-electron chi connectivity index (χ4n) is 4.97. The zero-order valence-corrected chi connectivity index (χ0v) is 18.4. The van der Waals surface area contributed by atoms with Crippen LogP contribution < -0.4 is 20.8 Å². The number of fused-ring (bicyclic) bond motifs is 2. The van der Waals surface area contributed by atoms with E-state index in [1.54, 1.807) is 18.3 Å². The molecule has 6 N–H and O–H groups in total. The molecule has 31 heavy (non-hydrogen) atoms. The van der Waals surface area contributed by atoms with E-state index in [-0.39, 0.29) is 18.5 Å². The van der Waals surface area contributed by atoms with Gasteiger partial charge in [-0.15, -0.1) is 0 Å². The van der Waals surface area contributed by atoms with Crippen LogP contribution in [-0.4, -0.2) is 40.1 Å². The zero-order chi connectivity index (χ0) is 21.7. The first-order valence-corrected chi connectivity index (χ1v) is 11.2. The Morgan fingerprint density at radius 1 is 1.32 bits per heavy atom. The molecule has 1 saturated carbocycles. The van der Waals surface area contributed by atoms with E-state index in [4.69, 9.17) is 10.5 Å². The fourth-order valence-corrected chi connectivity index (χ4v) is 5.61. The van der Waals surface area contributed by atoms with Gasteiger partial charge >= 0.3 is 0 Å². The van der Waals surface area contributed by atoms with Crippen LogP contribution in [0.4, 0.5) is 10.1 Å². The molecule has 4 atom stereocenters. The van der Waals surface area contributed by atoms with Gasteiger partial charge in [0.05, 0.1) is 23.0 Å². The Labute approximate surface area is 187 Å². The van der Waals surface area contributed by atoms with E-state index < -0.39 is 18.1 Å². The van der Waals surface area contributed by atoms with Gasteiger partial charge in [0.15, 0.2) is 0 Å². The highest BCUT2D eigenvalue weighted by atomic mass is 79.9. The van der Waals surface area contributed by atoms with Crippen LogP contribution >= 0.6 is 15.9 Å². The number of nitrogen functional groups attached to an aromatic ring is 1. The second-order valence-corrected chi connectivity index (χ2v) is 9.12. The third-order valence-electron chi connectivity index (χ3n) is 6.57. The van der Waals surface area contributed by atoms with Crippen LogP contribution in [0.2, 0.25) is 0 Å². The Bertz CT molecular complexity index is 1140. The minimum absolute atomic E-state index is 0.212. The van der Waals surface area contributed by atoms with Crippen LogP contribution in [0.25, 0.3) is 11.0 Å². The molecule has 2 aliphatic rings. The number of aromatic amines is 1. The molecular weight excluding hydrogens is 467 g/mol. The van der Waals surface area contributed by atoms with E-state index in [9.17, 15) is 14.6 Å². The summed E-state index contributed by atoms with van der Waals surface area (Å²) >= 11 is 3.56. The van der Waals surface area contributed by atoms with Gasteiger partial charge in [0.25, 0.3) is 5.65 Å². The van der Waals surface area contributed by atoms with Gasteiger partial charge in [-0.2, -0.15) is 0 Å². The molecule has 9 heteroatoms. The minimum Gasteiger partial charge on any atom is -0.489 e. The molecule has 1 aliphatic heterocycles. The van der Waals surface area contributed by atoms with Crippen molar-refractivity contribution in [1.82, 2.24) is 9.88 Å². The molecule has 1 fully saturated rings. The average molecular weight is 492 g/mol. The van der Waals surface area contributed by atoms with Crippen molar-refractivity contribution in [2.75, 3.05) is 18.9 Å². The van der Waals surface area contributed by atoms with Crippen LogP contribution in [0.1, 0.15) is 23.6 Å². The van der Waals surface area contributed by atoms with Crippen molar-refractivity contribution in [2.24, 2.45) is 5.92 Å².